The van der Waals surface area contributed by atoms with Crippen LogP contribution in [0.2, 0.25) is 5.02 Å². The van der Waals surface area contributed by atoms with E-state index in [4.69, 9.17) is 16.7 Å². The first-order chi connectivity index (χ1) is 12.8. The molecule has 2 aromatic rings. The van der Waals surface area contributed by atoms with Gasteiger partial charge in [-0.1, -0.05) is 24.6 Å². The lowest BCUT2D eigenvalue weighted by Gasteiger charge is -2.21. The molecule has 2 atom stereocenters. The molecule has 0 spiro atoms. The number of carbonyl (C=O) groups excluding carboxylic acids is 2. The summed E-state index contributed by atoms with van der Waals surface area (Å²) in [7, 11) is 0. The average molecular weight is 397 g/mol. The summed E-state index contributed by atoms with van der Waals surface area (Å²) < 4.78 is 13.8. The molecule has 0 saturated carbocycles. The number of nitrogens with one attached hydrogen (secondary N) is 1. The van der Waals surface area contributed by atoms with Crippen LogP contribution in [0.4, 0.5) is 4.39 Å². The largest absolute Gasteiger partial charge is 0.481 e. The number of fused-ring (bicyclic) bond motifs is 1. The zero-order chi connectivity index (χ0) is 20.1. The van der Waals surface area contributed by atoms with Crippen molar-refractivity contribution >= 4 is 40.0 Å². The molecule has 0 bridgehead atoms. The van der Waals surface area contributed by atoms with E-state index in [1.165, 1.54) is 16.8 Å². The van der Waals surface area contributed by atoms with E-state index in [0.717, 1.165) is 0 Å². The van der Waals surface area contributed by atoms with Gasteiger partial charge in [-0.05, 0) is 30.0 Å². The molecular weight excluding hydrogens is 379 g/mol. The minimum Gasteiger partial charge on any atom is -0.481 e. The lowest BCUT2D eigenvalue weighted by atomic mass is 10.1. The number of aliphatic carboxylic acids is 1. The summed E-state index contributed by atoms with van der Waals surface area (Å²) in [6.07, 6.45) is 0.893. The van der Waals surface area contributed by atoms with Crippen molar-refractivity contribution in [3.05, 3.63) is 45.8 Å². The lowest BCUT2D eigenvalue weighted by Crippen LogP contribution is -2.47. The first-order valence-corrected chi connectivity index (χ1v) is 8.57. The van der Waals surface area contributed by atoms with E-state index in [2.05, 4.69) is 5.32 Å². The first-order valence-electron chi connectivity index (χ1n) is 8.19. The van der Waals surface area contributed by atoms with E-state index in [9.17, 15) is 23.6 Å². The number of nitrogens with zero attached hydrogens (tertiary/aromatic N) is 1. The second kappa shape index (κ2) is 8.77. The Morgan fingerprint density at radius 3 is 2.59 bits per heavy atom. The molecule has 0 aliphatic heterocycles. The number of carbonyl (C=O) groups is 3. The molecule has 1 aromatic carbocycles. The van der Waals surface area contributed by atoms with E-state index in [1.807, 2.05) is 0 Å². The molecular formula is C18H18ClFN2O5. The predicted octanol–water partition coefficient (Wildman–Crippen LogP) is 2.10. The number of carboxylic acids is 1. The average Bonchev–Trinajstić information content (AvgIpc) is 2.63. The highest BCUT2D eigenvalue weighted by atomic mass is 35.5. The van der Waals surface area contributed by atoms with Gasteiger partial charge in [-0.25, -0.2) is 4.39 Å². The van der Waals surface area contributed by atoms with Crippen molar-refractivity contribution in [1.29, 1.82) is 0 Å². The van der Waals surface area contributed by atoms with Crippen LogP contribution in [0.3, 0.4) is 0 Å². The topological polar surface area (TPSA) is 105 Å². The number of hydrogen-bond acceptors (Lipinski definition) is 4. The summed E-state index contributed by atoms with van der Waals surface area (Å²) in [5, 5.41) is 12.4. The van der Waals surface area contributed by atoms with Gasteiger partial charge in [0.25, 0.3) is 5.56 Å². The number of hydrogen-bond donors (Lipinski definition) is 2. The van der Waals surface area contributed by atoms with E-state index in [0.29, 0.717) is 15.8 Å². The molecule has 1 aromatic heterocycles. The Labute approximate surface area is 158 Å². The zero-order valence-electron chi connectivity index (χ0n) is 14.4. The second-order valence-electron chi connectivity index (χ2n) is 5.94. The molecule has 27 heavy (non-hydrogen) atoms. The number of Topliss-reactive ketones (excluding diaryl/α,β-unsaturated/α-hetero) is 1. The number of pyridine rings is 1. The molecule has 2 N–H and O–H groups in total. The number of rotatable bonds is 8. The molecule has 0 aliphatic rings. The van der Waals surface area contributed by atoms with E-state index in [-0.39, 0.29) is 6.42 Å². The van der Waals surface area contributed by atoms with Gasteiger partial charge in [0.15, 0.2) is 5.78 Å². The Morgan fingerprint density at radius 2 is 2.00 bits per heavy atom. The Morgan fingerprint density at radius 1 is 1.30 bits per heavy atom. The molecule has 0 radical (unpaired) electrons. The summed E-state index contributed by atoms with van der Waals surface area (Å²) in [4.78, 5) is 47.8. The molecule has 1 unspecified atom stereocenters. The van der Waals surface area contributed by atoms with Crippen molar-refractivity contribution in [3.63, 3.8) is 0 Å². The fourth-order valence-electron chi connectivity index (χ4n) is 2.76. The van der Waals surface area contributed by atoms with E-state index < -0.39 is 48.4 Å². The van der Waals surface area contributed by atoms with Gasteiger partial charge >= 0.3 is 5.97 Å². The monoisotopic (exact) mass is 396 g/mol. The number of amides is 1. The highest BCUT2D eigenvalue weighted by Gasteiger charge is 2.28. The number of halogens is 2. The van der Waals surface area contributed by atoms with Gasteiger partial charge in [0, 0.05) is 16.6 Å². The Kier molecular flexibility index (Phi) is 6.68. The van der Waals surface area contributed by atoms with Gasteiger partial charge in [0.05, 0.1) is 6.42 Å². The van der Waals surface area contributed by atoms with Crippen molar-refractivity contribution in [2.75, 3.05) is 6.67 Å². The summed E-state index contributed by atoms with van der Waals surface area (Å²) in [5.74, 6) is -3.14. The van der Waals surface area contributed by atoms with Crippen molar-refractivity contribution in [2.24, 2.45) is 0 Å². The molecule has 0 aliphatic carbocycles. The predicted molar refractivity (Wildman–Crippen MR) is 97.7 cm³/mol. The van der Waals surface area contributed by atoms with Gasteiger partial charge in [0.2, 0.25) is 5.91 Å². The molecule has 0 saturated heterocycles. The highest BCUT2D eigenvalue weighted by Crippen LogP contribution is 2.18. The van der Waals surface area contributed by atoms with Gasteiger partial charge in [-0.3, -0.25) is 19.2 Å². The Hall–Kier alpha value is -2.74. The summed E-state index contributed by atoms with van der Waals surface area (Å²) in [6.45, 7) is 0.255. The highest BCUT2D eigenvalue weighted by molar-refractivity contribution is 6.31. The van der Waals surface area contributed by atoms with Crippen LogP contribution in [0.5, 0.6) is 0 Å². The van der Waals surface area contributed by atoms with Gasteiger partial charge < -0.3 is 15.0 Å². The number of ketones is 1. The molecule has 9 heteroatoms. The molecule has 1 amide bonds. The fourth-order valence-corrected chi connectivity index (χ4v) is 2.93. The standard InChI is InChI=1S/C18H18ClFN2O5/c1-2-14(17(26)21-13(8-16(24)25)15(23)9-20)22-6-5-10-3-4-11(19)7-12(10)18(22)27/h3-7,13-14H,2,8-9H2,1H3,(H,21,26)(H,24,25)/t13-,14?/m0/s1. The first kappa shape index (κ1) is 20.6. The van der Waals surface area contributed by atoms with Crippen LogP contribution in [0.25, 0.3) is 10.8 Å². The van der Waals surface area contributed by atoms with Crippen LogP contribution < -0.4 is 10.9 Å². The third-order valence-electron chi connectivity index (χ3n) is 4.14. The fraction of sp³-hybridized carbons (Fsp3) is 0.333. The number of aromatic nitrogens is 1. The van der Waals surface area contributed by atoms with Crippen LogP contribution in [0.15, 0.2) is 35.3 Å². The van der Waals surface area contributed by atoms with E-state index in [1.54, 1.807) is 25.1 Å². The third-order valence-corrected chi connectivity index (χ3v) is 4.37. The molecule has 0 fully saturated rings. The number of alkyl halides is 1. The van der Waals surface area contributed by atoms with Crippen LogP contribution in [-0.2, 0) is 14.4 Å². The third kappa shape index (κ3) is 4.71. The van der Waals surface area contributed by atoms with Gasteiger partial charge in [-0.15, -0.1) is 0 Å². The maximum Gasteiger partial charge on any atom is 0.305 e. The molecule has 2 rings (SSSR count). The zero-order valence-corrected chi connectivity index (χ0v) is 15.2. The maximum absolute atomic E-state index is 12.7. The summed E-state index contributed by atoms with van der Waals surface area (Å²) in [5.41, 5.74) is -0.455. The SMILES string of the molecule is CCC(C(=O)N[C@@H](CC(=O)O)C(=O)CF)n1ccc2ccc(Cl)cc2c1=O. The summed E-state index contributed by atoms with van der Waals surface area (Å²) in [6, 6.07) is 3.94. The minimum absolute atomic E-state index is 0.196. The second-order valence-corrected chi connectivity index (χ2v) is 6.38. The van der Waals surface area contributed by atoms with Gasteiger partial charge in [0.1, 0.15) is 18.8 Å². The van der Waals surface area contributed by atoms with Gasteiger partial charge in [-0.2, -0.15) is 0 Å². The van der Waals surface area contributed by atoms with Crippen LogP contribution >= 0.6 is 11.6 Å². The Balaban J connectivity index is 2.37. The van der Waals surface area contributed by atoms with Crippen LogP contribution in [0, 0.1) is 0 Å². The van der Waals surface area contributed by atoms with E-state index >= 15 is 0 Å². The van der Waals surface area contributed by atoms with Crippen molar-refractivity contribution < 1.29 is 23.9 Å². The molecule has 7 nitrogen and oxygen atoms in total. The number of benzene rings is 1. The quantitative estimate of drug-likeness (QED) is 0.710. The number of carboxylic acid groups (broad SMARTS) is 1. The van der Waals surface area contributed by atoms with Crippen LogP contribution in [-0.4, -0.2) is 40.0 Å². The Bertz CT molecular complexity index is 943. The molecule has 144 valence electrons. The van der Waals surface area contributed by atoms with Crippen LogP contribution in [0.1, 0.15) is 25.8 Å². The van der Waals surface area contributed by atoms with Crippen molar-refractivity contribution in [2.45, 2.75) is 31.8 Å². The lowest BCUT2D eigenvalue weighted by molar-refractivity contribution is -0.140. The maximum atomic E-state index is 12.7. The smallest absolute Gasteiger partial charge is 0.305 e. The van der Waals surface area contributed by atoms with Crippen molar-refractivity contribution in [1.82, 2.24) is 9.88 Å². The normalized spacial score (nSPS) is 13.1. The van der Waals surface area contributed by atoms with Crippen molar-refractivity contribution in [3.8, 4) is 0 Å². The molecule has 1 heterocycles. The minimum atomic E-state index is -1.50. The summed E-state index contributed by atoms with van der Waals surface area (Å²) >= 11 is 5.93.